The van der Waals surface area contributed by atoms with E-state index in [0.29, 0.717) is 23.5 Å². The van der Waals surface area contributed by atoms with Crippen LogP contribution in [0.15, 0.2) is 48.7 Å². The standard InChI is InChI=1S/C16H16N6/c1-11-6-5-7-13(10-11)20-15-18-12(2)19-16(22-15)21-14-8-3-4-9-17-14/h3-10H,1-2H3,(H2,17,18,19,20,21,22). The summed E-state index contributed by atoms with van der Waals surface area (Å²) >= 11 is 0. The van der Waals surface area contributed by atoms with Crippen LogP contribution in [0.1, 0.15) is 11.4 Å². The average Bonchev–Trinajstić information content (AvgIpc) is 2.47. The van der Waals surface area contributed by atoms with Gasteiger partial charge >= 0.3 is 0 Å². The van der Waals surface area contributed by atoms with Crippen LogP contribution in [0.3, 0.4) is 0 Å². The van der Waals surface area contributed by atoms with Gasteiger partial charge < -0.3 is 10.6 Å². The smallest absolute Gasteiger partial charge is 0.233 e. The highest BCUT2D eigenvalue weighted by Crippen LogP contribution is 2.16. The molecule has 2 heterocycles. The molecular weight excluding hydrogens is 276 g/mol. The summed E-state index contributed by atoms with van der Waals surface area (Å²) in [6.45, 7) is 3.87. The van der Waals surface area contributed by atoms with Crippen LogP contribution in [0.4, 0.5) is 23.4 Å². The first-order chi connectivity index (χ1) is 10.7. The van der Waals surface area contributed by atoms with E-state index in [4.69, 9.17) is 0 Å². The summed E-state index contributed by atoms with van der Waals surface area (Å²) in [6.07, 6.45) is 1.71. The molecule has 3 aromatic rings. The van der Waals surface area contributed by atoms with Crippen LogP contribution in [-0.2, 0) is 0 Å². The number of hydrogen-bond acceptors (Lipinski definition) is 6. The molecule has 0 saturated heterocycles. The molecule has 0 spiro atoms. The minimum absolute atomic E-state index is 0.460. The van der Waals surface area contributed by atoms with Gasteiger partial charge in [0.2, 0.25) is 11.9 Å². The van der Waals surface area contributed by atoms with Gasteiger partial charge in [-0.15, -0.1) is 0 Å². The zero-order chi connectivity index (χ0) is 15.4. The molecule has 0 amide bonds. The lowest BCUT2D eigenvalue weighted by molar-refractivity contribution is 0.986. The summed E-state index contributed by atoms with van der Waals surface area (Å²) in [4.78, 5) is 17.1. The van der Waals surface area contributed by atoms with Crippen molar-refractivity contribution in [3.8, 4) is 0 Å². The summed E-state index contributed by atoms with van der Waals surface area (Å²) < 4.78 is 0. The van der Waals surface area contributed by atoms with E-state index in [0.717, 1.165) is 5.69 Å². The number of benzene rings is 1. The molecule has 0 bridgehead atoms. The largest absolute Gasteiger partial charge is 0.324 e. The quantitative estimate of drug-likeness (QED) is 0.768. The van der Waals surface area contributed by atoms with Crippen molar-refractivity contribution in [3.05, 3.63) is 60.0 Å². The minimum Gasteiger partial charge on any atom is -0.324 e. The normalized spacial score (nSPS) is 10.3. The topological polar surface area (TPSA) is 75.6 Å². The molecule has 0 aliphatic heterocycles. The van der Waals surface area contributed by atoms with E-state index in [-0.39, 0.29) is 0 Å². The van der Waals surface area contributed by atoms with Crippen molar-refractivity contribution in [2.75, 3.05) is 10.6 Å². The Bertz CT molecular complexity index is 773. The Morgan fingerprint density at radius 1 is 0.818 bits per heavy atom. The molecule has 6 heteroatoms. The second kappa shape index (κ2) is 6.17. The lowest BCUT2D eigenvalue weighted by Gasteiger charge is -2.09. The number of aromatic nitrogens is 4. The molecule has 2 aromatic heterocycles. The molecule has 0 aliphatic rings. The van der Waals surface area contributed by atoms with E-state index in [2.05, 4.69) is 30.6 Å². The van der Waals surface area contributed by atoms with E-state index >= 15 is 0 Å². The van der Waals surface area contributed by atoms with Crippen LogP contribution in [0.2, 0.25) is 0 Å². The summed E-state index contributed by atoms with van der Waals surface area (Å²) in [7, 11) is 0. The molecule has 0 fully saturated rings. The monoisotopic (exact) mass is 292 g/mol. The number of aryl methyl sites for hydroxylation is 2. The van der Waals surface area contributed by atoms with Gasteiger partial charge in [-0.25, -0.2) is 4.98 Å². The number of nitrogens with zero attached hydrogens (tertiary/aromatic N) is 4. The zero-order valence-corrected chi connectivity index (χ0v) is 12.4. The predicted octanol–water partition coefficient (Wildman–Crippen LogP) is 3.37. The van der Waals surface area contributed by atoms with Crippen molar-refractivity contribution in [1.82, 2.24) is 19.9 Å². The van der Waals surface area contributed by atoms with E-state index < -0.39 is 0 Å². The number of anilines is 4. The summed E-state index contributed by atoms with van der Waals surface area (Å²) in [5.74, 6) is 2.27. The van der Waals surface area contributed by atoms with Crippen LogP contribution in [-0.4, -0.2) is 19.9 Å². The Labute approximate surface area is 128 Å². The Morgan fingerprint density at radius 2 is 1.64 bits per heavy atom. The highest BCUT2D eigenvalue weighted by Gasteiger charge is 2.05. The molecule has 3 rings (SSSR count). The molecule has 0 unspecified atom stereocenters. The van der Waals surface area contributed by atoms with Crippen molar-refractivity contribution >= 4 is 23.4 Å². The maximum Gasteiger partial charge on any atom is 0.233 e. The number of hydrogen-bond donors (Lipinski definition) is 2. The zero-order valence-electron chi connectivity index (χ0n) is 12.4. The summed E-state index contributed by atoms with van der Waals surface area (Å²) in [5.41, 5.74) is 2.11. The van der Waals surface area contributed by atoms with Crippen molar-refractivity contribution < 1.29 is 0 Å². The van der Waals surface area contributed by atoms with E-state index in [1.54, 1.807) is 6.20 Å². The number of rotatable bonds is 4. The van der Waals surface area contributed by atoms with Gasteiger partial charge in [0, 0.05) is 11.9 Å². The Hall–Kier alpha value is -3.02. The van der Waals surface area contributed by atoms with Gasteiger partial charge in [-0.3, -0.25) is 0 Å². The van der Waals surface area contributed by atoms with Crippen LogP contribution in [0.5, 0.6) is 0 Å². The third kappa shape index (κ3) is 3.54. The summed E-state index contributed by atoms with van der Waals surface area (Å²) in [6, 6.07) is 13.6. The first-order valence-corrected chi connectivity index (χ1v) is 6.93. The highest BCUT2D eigenvalue weighted by molar-refractivity contribution is 5.56. The second-order valence-corrected chi connectivity index (χ2v) is 4.86. The van der Waals surface area contributed by atoms with Crippen molar-refractivity contribution in [2.45, 2.75) is 13.8 Å². The van der Waals surface area contributed by atoms with Crippen LogP contribution in [0, 0.1) is 13.8 Å². The molecule has 1 aromatic carbocycles. The maximum absolute atomic E-state index is 4.37. The Morgan fingerprint density at radius 3 is 2.36 bits per heavy atom. The van der Waals surface area contributed by atoms with Gasteiger partial charge in [0.1, 0.15) is 11.6 Å². The molecule has 6 nitrogen and oxygen atoms in total. The fourth-order valence-electron chi connectivity index (χ4n) is 2.00. The first kappa shape index (κ1) is 13.9. The number of nitrogens with one attached hydrogen (secondary N) is 2. The van der Waals surface area contributed by atoms with Gasteiger partial charge in [0.15, 0.2) is 0 Å². The molecule has 2 N–H and O–H groups in total. The molecule has 0 radical (unpaired) electrons. The van der Waals surface area contributed by atoms with E-state index in [9.17, 15) is 0 Å². The summed E-state index contributed by atoms with van der Waals surface area (Å²) in [5, 5.41) is 6.26. The van der Waals surface area contributed by atoms with Gasteiger partial charge in [-0.1, -0.05) is 18.2 Å². The molecule has 0 atom stereocenters. The highest BCUT2D eigenvalue weighted by atomic mass is 15.2. The molecule has 110 valence electrons. The lowest BCUT2D eigenvalue weighted by Crippen LogP contribution is -2.06. The van der Waals surface area contributed by atoms with Crippen molar-refractivity contribution in [3.63, 3.8) is 0 Å². The molecule has 0 saturated carbocycles. The van der Waals surface area contributed by atoms with Crippen molar-refractivity contribution in [2.24, 2.45) is 0 Å². The minimum atomic E-state index is 0.460. The van der Waals surface area contributed by atoms with Crippen LogP contribution < -0.4 is 10.6 Å². The van der Waals surface area contributed by atoms with E-state index in [1.165, 1.54) is 5.56 Å². The lowest BCUT2D eigenvalue weighted by atomic mass is 10.2. The third-order valence-electron chi connectivity index (χ3n) is 2.93. The van der Waals surface area contributed by atoms with Crippen LogP contribution >= 0.6 is 0 Å². The first-order valence-electron chi connectivity index (χ1n) is 6.93. The SMILES string of the molecule is Cc1cccc(Nc2nc(C)nc(Nc3ccccn3)n2)c1. The Balaban J connectivity index is 1.83. The van der Waals surface area contributed by atoms with Crippen molar-refractivity contribution in [1.29, 1.82) is 0 Å². The molecule has 22 heavy (non-hydrogen) atoms. The van der Waals surface area contributed by atoms with Gasteiger partial charge in [-0.2, -0.15) is 15.0 Å². The molecule has 0 aliphatic carbocycles. The van der Waals surface area contributed by atoms with Gasteiger partial charge in [-0.05, 0) is 43.7 Å². The van der Waals surface area contributed by atoms with Crippen LogP contribution in [0.25, 0.3) is 0 Å². The number of pyridine rings is 1. The van der Waals surface area contributed by atoms with Gasteiger partial charge in [0.05, 0.1) is 0 Å². The molecular formula is C16H16N6. The fraction of sp³-hybridized carbons (Fsp3) is 0.125. The Kier molecular flexibility index (Phi) is 3.91. The van der Waals surface area contributed by atoms with E-state index in [1.807, 2.05) is 56.3 Å². The second-order valence-electron chi connectivity index (χ2n) is 4.86. The predicted molar refractivity (Wildman–Crippen MR) is 86.5 cm³/mol. The third-order valence-corrected chi connectivity index (χ3v) is 2.93. The average molecular weight is 292 g/mol. The van der Waals surface area contributed by atoms with Gasteiger partial charge in [0.25, 0.3) is 0 Å². The fourth-order valence-corrected chi connectivity index (χ4v) is 2.00. The maximum atomic E-state index is 4.37.